The number of carbonyl (C=O) groups excluding carboxylic acids is 2. The van der Waals surface area contributed by atoms with Gasteiger partial charge in [0.25, 0.3) is 0 Å². The molecular weight excluding hydrogens is 350 g/mol. The van der Waals surface area contributed by atoms with E-state index in [2.05, 4.69) is 0 Å². The molecule has 0 spiro atoms. The fourth-order valence-electron chi connectivity index (χ4n) is 2.25. The molecule has 0 saturated carbocycles. The maximum atomic E-state index is 12.3. The Labute approximate surface area is 159 Å². The van der Waals surface area contributed by atoms with Crippen molar-refractivity contribution in [2.45, 2.75) is 71.1 Å². The van der Waals surface area contributed by atoms with E-state index < -0.39 is 28.7 Å². The molecule has 0 radical (unpaired) electrons. The normalized spacial score (nSPS) is 14.2. The molecule has 0 amide bonds. The Morgan fingerprint density at radius 1 is 0.889 bits per heavy atom. The lowest BCUT2D eigenvalue weighted by atomic mass is 9.91. The molecule has 0 aliphatic carbocycles. The summed E-state index contributed by atoms with van der Waals surface area (Å²) in [6.07, 6.45) is -0.139. The SMILES string of the molecule is CC(C)(C)OC(=O)Cc1ccc(C[C@@](N)(C(=O)O)C(=O)OC(C)(C)C)cc1. The molecule has 0 unspecified atom stereocenters. The second kappa shape index (κ2) is 8.08. The first-order valence-corrected chi connectivity index (χ1v) is 8.68. The Kier molecular flexibility index (Phi) is 6.78. The van der Waals surface area contributed by atoms with Crippen LogP contribution in [-0.4, -0.2) is 39.8 Å². The van der Waals surface area contributed by atoms with Crippen LogP contribution in [0.2, 0.25) is 0 Å². The number of nitrogens with two attached hydrogens (primary N) is 1. The third-order valence-electron chi connectivity index (χ3n) is 3.42. The topological polar surface area (TPSA) is 116 Å². The van der Waals surface area contributed by atoms with E-state index in [0.29, 0.717) is 11.1 Å². The van der Waals surface area contributed by atoms with Gasteiger partial charge in [0.15, 0.2) is 0 Å². The summed E-state index contributed by atoms with van der Waals surface area (Å²) in [4.78, 5) is 35.8. The van der Waals surface area contributed by atoms with Gasteiger partial charge in [0, 0.05) is 6.42 Å². The van der Waals surface area contributed by atoms with E-state index in [1.807, 2.05) is 0 Å². The Morgan fingerprint density at radius 3 is 1.74 bits per heavy atom. The minimum atomic E-state index is -2.19. The van der Waals surface area contributed by atoms with E-state index in [1.54, 1.807) is 65.8 Å². The number of carbonyl (C=O) groups is 3. The first-order valence-electron chi connectivity index (χ1n) is 8.68. The molecular formula is C20H29NO6. The fraction of sp³-hybridized carbons (Fsp3) is 0.550. The summed E-state index contributed by atoms with van der Waals surface area (Å²) in [7, 11) is 0. The van der Waals surface area contributed by atoms with Gasteiger partial charge in [-0.25, -0.2) is 9.59 Å². The summed E-state index contributed by atoms with van der Waals surface area (Å²) in [5.74, 6) is -2.82. The molecule has 7 nitrogen and oxygen atoms in total. The van der Waals surface area contributed by atoms with Crippen LogP contribution in [0.15, 0.2) is 24.3 Å². The van der Waals surface area contributed by atoms with Crippen molar-refractivity contribution in [2.24, 2.45) is 5.73 Å². The van der Waals surface area contributed by atoms with Crippen LogP contribution in [0.1, 0.15) is 52.7 Å². The number of hydrogen-bond donors (Lipinski definition) is 2. The second-order valence-corrected chi connectivity index (χ2v) is 8.53. The first kappa shape index (κ1) is 22.6. The molecule has 7 heteroatoms. The summed E-state index contributed by atoms with van der Waals surface area (Å²) < 4.78 is 10.4. The molecule has 1 aromatic rings. The number of aliphatic carboxylic acids is 1. The number of ether oxygens (including phenoxy) is 2. The lowest BCUT2D eigenvalue weighted by Gasteiger charge is -2.28. The third-order valence-corrected chi connectivity index (χ3v) is 3.42. The van der Waals surface area contributed by atoms with Crippen LogP contribution in [-0.2, 0) is 36.7 Å². The molecule has 0 heterocycles. The number of benzene rings is 1. The largest absolute Gasteiger partial charge is 0.479 e. The minimum absolute atomic E-state index is 0.0936. The molecule has 27 heavy (non-hydrogen) atoms. The van der Waals surface area contributed by atoms with Crippen molar-refractivity contribution in [2.75, 3.05) is 0 Å². The molecule has 0 aliphatic heterocycles. The van der Waals surface area contributed by atoms with Crippen LogP contribution in [0.25, 0.3) is 0 Å². The average molecular weight is 379 g/mol. The molecule has 150 valence electrons. The second-order valence-electron chi connectivity index (χ2n) is 8.53. The van der Waals surface area contributed by atoms with Gasteiger partial charge in [-0.3, -0.25) is 4.79 Å². The predicted molar refractivity (Wildman–Crippen MR) is 100 cm³/mol. The minimum Gasteiger partial charge on any atom is -0.479 e. The zero-order chi connectivity index (χ0) is 21.0. The predicted octanol–water partition coefficient (Wildman–Crippen LogP) is 2.24. The highest BCUT2D eigenvalue weighted by atomic mass is 16.6. The monoisotopic (exact) mass is 379 g/mol. The molecule has 1 rings (SSSR count). The lowest BCUT2D eigenvalue weighted by Crippen LogP contribution is -2.58. The van der Waals surface area contributed by atoms with Gasteiger partial charge in [0.1, 0.15) is 11.2 Å². The molecule has 0 bridgehead atoms. The van der Waals surface area contributed by atoms with E-state index in [1.165, 1.54) is 0 Å². The molecule has 0 saturated heterocycles. The summed E-state index contributed by atoms with van der Waals surface area (Å²) in [5.41, 5.74) is 3.50. The maximum absolute atomic E-state index is 12.3. The van der Waals surface area contributed by atoms with Gasteiger partial charge < -0.3 is 20.3 Å². The summed E-state index contributed by atoms with van der Waals surface area (Å²) in [6, 6.07) is 6.62. The van der Waals surface area contributed by atoms with Gasteiger partial charge in [-0.15, -0.1) is 0 Å². The number of esters is 2. The molecule has 1 atom stereocenters. The zero-order valence-corrected chi connectivity index (χ0v) is 16.8. The van der Waals surface area contributed by atoms with E-state index in [-0.39, 0.29) is 18.8 Å². The van der Waals surface area contributed by atoms with E-state index in [9.17, 15) is 19.5 Å². The van der Waals surface area contributed by atoms with Crippen LogP contribution in [0.5, 0.6) is 0 Å². The van der Waals surface area contributed by atoms with Crippen molar-refractivity contribution < 1.29 is 29.0 Å². The Hall–Kier alpha value is -2.41. The maximum Gasteiger partial charge on any atom is 0.338 e. The molecule has 3 N–H and O–H groups in total. The summed E-state index contributed by atoms with van der Waals surface area (Å²) >= 11 is 0. The summed E-state index contributed by atoms with van der Waals surface area (Å²) in [6.45, 7) is 10.3. The highest BCUT2D eigenvalue weighted by molar-refractivity contribution is 6.04. The smallest absolute Gasteiger partial charge is 0.338 e. The molecule has 0 aliphatic rings. The van der Waals surface area contributed by atoms with E-state index in [4.69, 9.17) is 15.2 Å². The Morgan fingerprint density at radius 2 is 1.33 bits per heavy atom. The van der Waals surface area contributed by atoms with Crippen molar-refractivity contribution in [1.82, 2.24) is 0 Å². The third kappa shape index (κ3) is 7.38. The van der Waals surface area contributed by atoms with Gasteiger partial charge in [-0.05, 0) is 52.7 Å². The number of rotatable bonds is 6. The van der Waals surface area contributed by atoms with Crippen molar-refractivity contribution >= 4 is 17.9 Å². The highest BCUT2D eigenvalue weighted by Crippen LogP contribution is 2.19. The van der Waals surface area contributed by atoms with Gasteiger partial charge in [-0.1, -0.05) is 24.3 Å². The standard InChI is InChI=1S/C20H29NO6/c1-18(2,3)26-15(22)11-13-7-9-14(10-8-13)12-20(21,16(23)24)17(25)27-19(4,5)6/h7-10H,11-12,21H2,1-6H3,(H,23,24)/t20-/m1/s1. The molecule has 0 fully saturated rings. The molecule has 0 aromatic heterocycles. The van der Waals surface area contributed by atoms with E-state index >= 15 is 0 Å². The van der Waals surface area contributed by atoms with Gasteiger partial charge in [0.2, 0.25) is 5.54 Å². The average Bonchev–Trinajstić information content (AvgIpc) is 2.45. The Balaban J connectivity index is 2.89. The van der Waals surface area contributed by atoms with Crippen LogP contribution in [0.3, 0.4) is 0 Å². The van der Waals surface area contributed by atoms with Gasteiger partial charge in [0.05, 0.1) is 6.42 Å². The zero-order valence-electron chi connectivity index (χ0n) is 16.8. The number of carboxylic acid groups (broad SMARTS) is 1. The molecule has 1 aromatic carbocycles. The van der Waals surface area contributed by atoms with Crippen molar-refractivity contribution in [3.05, 3.63) is 35.4 Å². The lowest BCUT2D eigenvalue weighted by molar-refractivity contribution is -0.169. The van der Waals surface area contributed by atoms with E-state index in [0.717, 1.165) is 0 Å². The van der Waals surface area contributed by atoms with Crippen molar-refractivity contribution in [3.8, 4) is 0 Å². The van der Waals surface area contributed by atoms with Gasteiger partial charge >= 0.3 is 17.9 Å². The van der Waals surface area contributed by atoms with Crippen LogP contribution in [0.4, 0.5) is 0 Å². The van der Waals surface area contributed by atoms with Crippen LogP contribution < -0.4 is 5.73 Å². The quantitative estimate of drug-likeness (QED) is 0.575. The fourth-order valence-corrected chi connectivity index (χ4v) is 2.25. The highest BCUT2D eigenvalue weighted by Gasteiger charge is 2.45. The number of hydrogen-bond acceptors (Lipinski definition) is 6. The summed E-state index contributed by atoms with van der Waals surface area (Å²) in [5, 5.41) is 9.46. The van der Waals surface area contributed by atoms with Crippen LogP contribution >= 0.6 is 0 Å². The Bertz CT molecular complexity index is 697. The van der Waals surface area contributed by atoms with Gasteiger partial charge in [-0.2, -0.15) is 0 Å². The van der Waals surface area contributed by atoms with Crippen LogP contribution in [0, 0.1) is 0 Å². The van der Waals surface area contributed by atoms with Crippen molar-refractivity contribution in [3.63, 3.8) is 0 Å². The number of carboxylic acids is 1. The first-order chi connectivity index (χ1) is 12.1. The van der Waals surface area contributed by atoms with Crippen molar-refractivity contribution in [1.29, 1.82) is 0 Å².